The molecule has 2 saturated heterocycles. The normalized spacial score (nSPS) is 50.4. The molecule has 2 amide bonds. The Morgan fingerprint density at radius 2 is 1.33 bits per heavy atom. The molecule has 0 aromatic rings. The van der Waals surface area contributed by atoms with Gasteiger partial charge in [0.1, 0.15) is 36.6 Å². The maximum Gasteiger partial charge on any atom is 0.311 e. The van der Waals surface area contributed by atoms with E-state index in [0.717, 1.165) is 38.5 Å². The number of nitrogens with one attached hydrogen (secondary N) is 2. The Morgan fingerprint density at radius 1 is 0.738 bits per heavy atom. The van der Waals surface area contributed by atoms with Crippen LogP contribution in [0.1, 0.15) is 106 Å². The fourth-order valence-corrected chi connectivity index (χ4v) is 13.8. The van der Waals surface area contributed by atoms with Gasteiger partial charge in [0.05, 0.1) is 18.6 Å². The van der Waals surface area contributed by atoms with E-state index in [4.69, 9.17) is 35.4 Å². The van der Waals surface area contributed by atoms with Crippen molar-refractivity contribution in [2.45, 2.75) is 174 Å². The van der Waals surface area contributed by atoms with Gasteiger partial charge in [0.2, 0.25) is 0 Å². The summed E-state index contributed by atoms with van der Waals surface area (Å²) >= 11 is 0. The van der Waals surface area contributed by atoms with Crippen LogP contribution in [0.2, 0.25) is 0 Å². The summed E-state index contributed by atoms with van der Waals surface area (Å²) in [7, 11) is 1.44. The van der Waals surface area contributed by atoms with Gasteiger partial charge in [-0.05, 0) is 110 Å². The zero-order valence-electron chi connectivity index (χ0n) is 36.6. The molecule has 5 aliphatic carbocycles. The van der Waals surface area contributed by atoms with Gasteiger partial charge in [0.15, 0.2) is 30.6 Å². The molecule has 0 bridgehead atoms. The molecule has 0 aromatic carbocycles. The van der Waals surface area contributed by atoms with Crippen molar-refractivity contribution < 1.29 is 68.4 Å². The summed E-state index contributed by atoms with van der Waals surface area (Å²) in [5, 5.41) is 54.4. The fourth-order valence-electron chi connectivity index (χ4n) is 13.8. The first-order valence-corrected chi connectivity index (χ1v) is 21.8. The van der Waals surface area contributed by atoms with Gasteiger partial charge in [-0.15, -0.1) is 0 Å². The number of carbonyl (C=O) groups is 4. The molecule has 0 unspecified atom stereocenters. The average Bonchev–Trinajstić information content (AvgIpc) is 3.21. The predicted octanol–water partition coefficient (Wildman–Crippen LogP) is 0.145. The van der Waals surface area contributed by atoms with E-state index in [-0.39, 0.29) is 45.8 Å². The third-order valence-electron chi connectivity index (χ3n) is 17.7. The number of esters is 1. The van der Waals surface area contributed by atoms with Crippen molar-refractivity contribution in [2.75, 3.05) is 7.11 Å². The van der Waals surface area contributed by atoms with Crippen molar-refractivity contribution in [3.8, 4) is 0 Å². The number of rotatable bonds is 7. The number of ether oxygens (including phenoxy) is 5. The lowest BCUT2D eigenvalue weighted by Crippen LogP contribution is -2.68. The van der Waals surface area contributed by atoms with Crippen molar-refractivity contribution in [1.82, 2.24) is 10.9 Å². The lowest BCUT2D eigenvalue weighted by atomic mass is 9.33. The third-order valence-corrected chi connectivity index (χ3v) is 17.7. The number of amides is 2. The summed E-state index contributed by atoms with van der Waals surface area (Å²) < 4.78 is 29.5. The molecule has 7 aliphatic rings. The van der Waals surface area contributed by atoms with Gasteiger partial charge in [-0.25, -0.2) is 11.7 Å². The second-order valence-electron chi connectivity index (χ2n) is 21.2. The zero-order chi connectivity index (χ0) is 45.0. The van der Waals surface area contributed by atoms with Crippen molar-refractivity contribution in [3.05, 3.63) is 11.6 Å². The molecule has 2 heterocycles. The summed E-state index contributed by atoms with van der Waals surface area (Å²) in [6, 6.07) is 0. The first-order chi connectivity index (χ1) is 28.4. The number of fused-ring (bicyclic) bond motifs is 7. The molecule has 0 spiro atoms. The Labute approximate surface area is 356 Å². The summed E-state index contributed by atoms with van der Waals surface area (Å²) in [5.74, 6) is 8.27. The maximum absolute atomic E-state index is 15.0. The van der Waals surface area contributed by atoms with Crippen molar-refractivity contribution in [1.29, 1.82) is 0 Å². The molecule has 0 aromatic heterocycles. The second kappa shape index (κ2) is 15.8. The summed E-state index contributed by atoms with van der Waals surface area (Å²) in [6.45, 7) is 15.3. The minimum Gasteiger partial charge on any atom is -0.469 e. The van der Waals surface area contributed by atoms with E-state index in [1.165, 1.54) is 12.7 Å². The molecule has 11 N–H and O–H groups in total. The van der Waals surface area contributed by atoms with Crippen LogP contribution in [-0.4, -0.2) is 124 Å². The van der Waals surface area contributed by atoms with Crippen molar-refractivity contribution in [2.24, 2.45) is 61.9 Å². The number of hydrogen-bond acceptors (Lipinski definition) is 16. The number of nitrogens with two attached hydrogens (primary N) is 2. The number of ketones is 1. The van der Waals surface area contributed by atoms with Gasteiger partial charge < -0.3 is 49.2 Å². The van der Waals surface area contributed by atoms with Crippen LogP contribution in [0.15, 0.2) is 11.6 Å². The highest BCUT2D eigenvalue weighted by molar-refractivity contribution is 5.95. The van der Waals surface area contributed by atoms with Crippen LogP contribution < -0.4 is 22.5 Å². The molecular weight excluding hydrogens is 796 g/mol. The number of hydrogen-bond donors (Lipinski definition) is 9. The molecular formula is C43H68N4O14. The molecule has 19 atom stereocenters. The van der Waals surface area contributed by atoms with E-state index in [1.54, 1.807) is 0 Å². The number of carbonyl (C=O) groups excluding carboxylic acids is 4. The molecule has 7 rings (SSSR count). The molecule has 2 aliphatic heterocycles. The fraction of sp³-hybridized carbons (Fsp3) is 0.860. The quantitative estimate of drug-likeness (QED) is 0.0541. The summed E-state index contributed by atoms with van der Waals surface area (Å²) in [5.41, 5.74) is 2.47. The van der Waals surface area contributed by atoms with Gasteiger partial charge in [0.25, 0.3) is 11.8 Å². The Bertz CT molecular complexity index is 1800. The second-order valence-corrected chi connectivity index (χ2v) is 21.2. The largest absolute Gasteiger partial charge is 0.469 e. The van der Waals surface area contributed by atoms with E-state index < -0.39 is 95.6 Å². The minimum absolute atomic E-state index is 0.0276. The van der Waals surface area contributed by atoms with Crippen LogP contribution in [0, 0.1) is 50.2 Å². The Balaban J connectivity index is 1.18. The van der Waals surface area contributed by atoms with Crippen LogP contribution in [0.3, 0.4) is 0 Å². The van der Waals surface area contributed by atoms with Crippen LogP contribution in [0.25, 0.3) is 0 Å². The highest BCUT2D eigenvalue weighted by Gasteiger charge is 2.71. The predicted molar refractivity (Wildman–Crippen MR) is 213 cm³/mol. The van der Waals surface area contributed by atoms with E-state index in [2.05, 4.69) is 41.5 Å². The van der Waals surface area contributed by atoms with Gasteiger partial charge in [-0.2, -0.15) is 0 Å². The molecule has 61 heavy (non-hydrogen) atoms. The molecule has 0 radical (unpaired) electrons. The molecule has 344 valence electrons. The van der Waals surface area contributed by atoms with Crippen LogP contribution in [0.5, 0.6) is 0 Å². The third kappa shape index (κ3) is 6.93. The standard InChI is InChI=1S/C43H68N4O14/c1-38(2)22-9-12-43(7)32(21(48)17-19-20-18-40(4,37(56)57-8)14-13-39(20,3)15-16-42(19,43)6)41(22,5)11-10-23(38)58-36-31(27(52)26(51)30(60-36)34(55)47-45)61-35-28(53)24(49)25(50)29(59-35)33(54)46-44/h17,20,22-32,35-36,49-53H,9-16,18,44-45H2,1-8H3,(H,46,54)(H,47,55)/t20-,22+,23+,24+,25-,26-,27+,28+,29+,30+,31+,32-,35+,36-,39-,40+,41+,42-,43-/m1/s1. The summed E-state index contributed by atoms with van der Waals surface area (Å²) in [6.07, 6.45) is -10.2. The number of hydrazine groups is 2. The van der Waals surface area contributed by atoms with Crippen molar-refractivity contribution in [3.63, 3.8) is 0 Å². The Hall–Kier alpha value is -2.62. The van der Waals surface area contributed by atoms with E-state index in [9.17, 15) is 44.7 Å². The van der Waals surface area contributed by atoms with Gasteiger partial charge in [-0.3, -0.25) is 30.0 Å². The lowest BCUT2D eigenvalue weighted by molar-refractivity contribution is -0.369. The highest BCUT2D eigenvalue weighted by Crippen LogP contribution is 2.75. The molecule has 18 heteroatoms. The topological polar surface area (TPSA) is 292 Å². The Morgan fingerprint density at radius 3 is 1.93 bits per heavy atom. The monoisotopic (exact) mass is 864 g/mol. The number of methoxy groups -OCH3 is 1. The molecule has 18 nitrogen and oxygen atoms in total. The first-order valence-electron chi connectivity index (χ1n) is 21.8. The first kappa shape index (κ1) is 46.4. The van der Waals surface area contributed by atoms with Crippen LogP contribution >= 0.6 is 0 Å². The molecule has 4 saturated carbocycles. The molecule has 6 fully saturated rings. The van der Waals surface area contributed by atoms with E-state index in [1.807, 2.05) is 23.9 Å². The summed E-state index contributed by atoms with van der Waals surface area (Å²) in [4.78, 5) is 53.3. The van der Waals surface area contributed by atoms with Crippen molar-refractivity contribution >= 4 is 23.6 Å². The average molecular weight is 865 g/mol. The number of aliphatic hydroxyl groups is 5. The highest BCUT2D eigenvalue weighted by atomic mass is 16.8. The van der Waals surface area contributed by atoms with Crippen LogP contribution in [-0.2, 0) is 42.9 Å². The van der Waals surface area contributed by atoms with Gasteiger partial charge in [0, 0.05) is 5.92 Å². The number of aliphatic hydroxyl groups excluding tert-OH is 5. The lowest BCUT2D eigenvalue weighted by Gasteiger charge is -2.70. The van der Waals surface area contributed by atoms with E-state index >= 15 is 0 Å². The van der Waals surface area contributed by atoms with Gasteiger partial charge >= 0.3 is 5.97 Å². The van der Waals surface area contributed by atoms with Gasteiger partial charge in [-0.1, -0.05) is 47.1 Å². The Kier molecular flexibility index (Phi) is 12.0. The smallest absolute Gasteiger partial charge is 0.311 e. The maximum atomic E-state index is 15.0. The minimum atomic E-state index is -1.95. The zero-order valence-corrected chi connectivity index (χ0v) is 36.6. The van der Waals surface area contributed by atoms with Crippen LogP contribution in [0.4, 0.5) is 0 Å². The van der Waals surface area contributed by atoms with E-state index in [0.29, 0.717) is 19.3 Å². The number of allylic oxidation sites excluding steroid dienone is 2. The SMILES string of the molecule is COC(=O)[C@@]1(C)CC[C@]2(C)CC[C@]3(C)C(=CC(=O)[C@@H]4[C@@]5(C)CC[C@H](O[C@@H]6O[C@H](C(=O)NN)[C@H](O)[C@H](O)[C@@H]6O[C@@H]6O[C@H](C(=O)NN)[C@H](O)[C@H](O)[C@@H]6O)C(C)(C)[C@@H]5CC[C@]43C)[C@H]2C1.